The Morgan fingerprint density at radius 1 is 1.57 bits per heavy atom. The lowest BCUT2D eigenvalue weighted by molar-refractivity contribution is 1.06. The third-order valence-electron chi connectivity index (χ3n) is 1.69. The van der Waals surface area contributed by atoms with Gasteiger partial charge in [0.15, 0.2) is 0 Å². The van der Waals surface area contributed by atoms with E-state index in [0.717, 1.165) is 6.42 Å². The van der Waals surface area contributed by atoms with Gasteiger partial charge in [-0.3, -0.25) is 0 Å². The summed E-state index contributed by atoms with van der Waals surface area (Å²) in [6.45, 7) is 11.9. The number of rotatable bonds is 3. The van der Waals surface area contributed by atoms with Crippen molar-refractivity contribution in [2.75, 3.05) is 0 Å². The maximum absolute atomic E-state index is 4.26. The van der Waals surface area contributed by atoms with Crippen LogP contribution in [0.3, 0.4) is 0 Å². The van der Waals surface area contributed by atoms with Crippen molar-refractivity contribution in [1.29, 1.82) is 0 Å². The van der Waals surface area contributed by atoms with Gasteiger partial charge in [0.05, 0.1) is 16.1 Å². The standard InChI is InChI=1S/C10H13NS.C2H6/c1-4-8(3)6-10-9(5-2)11-7-12-10;1-2/h4,6-7H,1,5H2,2-3H3;1-2H3/b8-6-;. The van der Waals surface area contributed by atoms with Crippen LogP contribution in [-0.2, 0) is 6.42 Å². The van der Waals surface area contributed by atoms with Gasteiger partial charge in [0.25, 0.3) is 0 Å². The van der Waals surface area contributed by atoms with E-state index in [1.165, 1.54) is 16.1 Å². The molecule has 1 heterocycles. The summed E-state index contributed by atoms with van der Waals surface area (Å²) in [7, 11) is 0. The van der Waals surface area contributed by atoms with E-state index in [0.29, 0.717) is 0 Å². The Morgan fingerprint density at radius 2 is 2.21 bits per heavy atom. The summed E-state index contributed by atoms with van der Waals surface area (Å²) in [6, 6.07) is 0. The molecule has 0 aromatic carbocycles. The second-order valence-electron chi connectivity index (χ2n) is 2.61. The molecule has 0 saturated carbocycles. The zero-order chi connectivity index (χ0) is 11.0. The molecule has 0 aliphatic rings. The number of thiazole rings is 1. The molecule has 0 fully saturated rings. The van der Waals surface area contributed by atoms with E-state index in [1.807, 2.05) is 32.4 Å². The second-order valence-corrected chi connectivity index (χ2v) is 3.50. The maximum atomic E-state index is 4.26. The Labute approximate surface area is 91.2 Å². The summed E-state index contributed by atoms with van der Waals surface area (Å²) < 4.78 is 0. The summed E-state index contributed by atoms with van der Waals surface area (Å²) in [6.07, 6.45) is 4.99. The fourth-order valence-corrected chi connectivity index (χ4v) is 1.81. The smallest absolute Gasteiger partial charge is 0.0801 e. The van der Waals surface area contributed by atoms with E-state index >= 15 is 0 Å². The van der Waals surface area contributed by atoms with Crippen molar-refractivity contribution < 1.29 is 0 Å². The van der Waals surface area contributed by atoms with Gasteiger partial charge >= 0.3 is 0 Å². The molecule has 0 aliphatic heterocycles. The van der Waals surface area contributed by atoms with Gasteiger partial charge in [-0.15, -0.1) is 11.3 Å². The Hall–Kier alpha value is -0.890. The Morgan fingerprint density at radius 3 is 2.71 bits per heavy atom. The van der Waals surface area contributed by atoms with Gasteiger partial charge in [0.2, 0.25) is 0 Å². The average molecular weight is 209 g/mol. The van der Waals surface area contributed by atoms with Gasteiger partial charge in [0.1, 0.15) is 0 Å². The lowest BCUT2D eigenvalue weighted by atomic mass is 10.2. The fraction of sp³-hybridized carbons (Fsp3) is 0.417. The van der Waals surface area contributed by atoms with Crippen LogP contribution < -0.4 is 0 Å². The zero-order valence-electron chi connectivity index (χ0n) is 9.50. The molecule has 1 aromatic rings. The molecular formula is C12H19NS. The van der Waals surface area contributed by atoms with Crippen molar-refractivity contribution in [2.24, 2.45) is 0 Å². The molecule has 1 aromatic heterocycles. The monoisotopic (exact) mass is 209 g/mol. The van der Waals surface area contributed by atoms with Crippen LogP contribution in [0.4, 0.5) is 0 Å². The van der Waals surface area contributed by atoms with E-state index in [4.69, 9.17) is 0 Å². The minimum absolute atomic E-state index is 1.000. The lowest BCUT2D eigenvalue weighted by Gasteiger charge is -1.93. The second kappa shape index (κ2) is 7.51. The molecule has 0 amide bonds. The van der Waals surface area contributed by atoms with E-state index in [1.54, 1.807) is 11.3 Å². The first kappa shape index (κ1) is 13.1. The summed E-state index contributed by atoms with van der Waals surface area (Å²) in [5.74, 6) is 0. The van der Waals surface area contributed by atoms with Crippen LogP contribution in [0.5, 0.6) is 0 Å². The van der Waals surface area contributed by atoms with Gasteiger partial charge in [0, 0.05) is 0 Å². The largest absolute Gasteiger partial charge is 0.249 e. The van der Waals surface area contributed by atoms with E-state index in [9.17, 15) is 0 Å². The molecule has 2 heteroatoms. The van der Waals surface area contributed by atoms with Gasteiger partial charge < -0.3 is 0 Å². The fourth-order valence-electron chi connectivity index (χ4n) is 0.927. The molecule has 0 N–H and O–H groups in total. The highest BCUT2D eigenvalue weighted by atomic mass is 32.1. The molecule has 0 spiro atoms. The SMILES string of the molecule is C=C/C(C)=C\c1scnc1CC.CC. The Kier molecular flexibility index (Phi) is 7.03. The third kappa shape index (κ3) is 3.88. The molecule has 0 atom stereocenters. The van der Waals surface area contributed by atoms with Crippen LogP contribution in [0.15, 0.2) is 23.7 Å². The number of hydrogen-bond donors (Lipinski definition) is 0. The molecule has 0 saturated heterocycles. The van der Waals surface area contributed by atoms with Crippen LogP contribution in [0.2, 0.25) is 0 Å². The first-order valence-electron chi connectivity index (χ1n) is 5.01. The number of aryl methyl sites for hydroxylation is 1. The summed E-state index contributed by atoms with van der Waals surface area (Å²) >= 11 is 1.68. The quantitative estimate of drug-likeness (QED) is 0.676. The molecular weight excluding hydrogens is 190 g/mol. The van der Waals surface area contributed by atoms with Crippen LogP contribution in [0.1, 0.15) is 38.3 Å². The van der Waals surface area contributed by atoms with Crippen molar-refractivity contribution in [2.45, 2.75) is 34.1 Å². The number of aromatic nitrogens is 1. The van der Waals surface area contributed by atoms with E-state index in [2.05, 4.69) is 24.6 Å². The van der Waals surface area contributed by atoms with Crippen LogP contribution in [-0.4, -0.2) is 4.98 Å². The first-order chi connectivity index (χ1) is 6.77. The van der Waals surface area contributed by atoms with Gasteiger partial charge in [-0.05, 0) is 19.4 Å². The van der Waals surface area contributed by atoms with Gasteiger partial charge in [-0.1, -0.05) is 39.0 Å². The Bertz CT molecular complexity index is 297. The number of nitrogens with zero attached hydrogens (tertiary/aromatic N) is 1. The van der Waals surface area contributed by atoms with E-state index in [-0.39, 0.29) is 0 Å². The average Bonchev–Trinajstić information content (AvgIpc) is 2.68. The minimum atomic E-state index is 1.000. The van der Waals surface area contributed by atoms with Crippen LogP contribution in [0.25, 0.3) is 6.08 Å². The van der Waals surface area contributed by atoms with Gasteiger partial charge in [-0.2, -0.15) is 0 Å². The van der Waals surface area contributed by atoms with Crippen molar-refractivity contribution in [3.63, 3.8) is 0 Å². The highest BCUT2D eigenvalue weighted by Gasteiger charge is 1.99. The third-order valence-corrected chi connectivity index (χ3v) is 2.51. The summed E-state index contributed by atoms with van der Waals surface area (Å²) in [4.78, 5) is 5.52. The zero-order valence-corrected chi connectivity index (χ0v) is 10.3. The van der Waals surface area contributed by atoms with Crippen LogP contribution >= 0.6 is 11.3 Å². The topological polar surface area (TPSA) is 12.9 Å². The molecule has 1 nitrogen and oxygen atoms in total. The summed E-state index contributed by atoms with van der Waals surface area (Å²) in [5, 5.41) is 0. The van der Waals surface area contributed by atoms with Crippen molar-refractivity contribution in [1.82, 2.24) is 4.98 Å². The normalized spacial score (nSPS) is 10.4. The summed E-state index contributed by atoms with van der Waals surface area (Å²) in [5.41, 5.74) is 4.26. The predicted molar refractivity (Wildman–Crippen MR) is 66.7 cm³/mol. The van der Waals surface area contributed by atoms with Crippen molar-refractivity contribution in [3.05, 3.63) is 34.3 Å². The molecule has 0 radical (unpaired) electrons. The molecule has 0 aliphatic carbocycles. The molecule has 1 rings (SSSR count). The highest BCUT2D eigenvalue weighted by molar-refractivity contribution is 7.10. The molecule has 0 unspecified atom stereocenters. The molecule has 14 heavy (non-hydrogen) atoms. The maximum Gasteiger partial charge on any atom is 0.0801 e. The minimum Gasteiger partial charge on any atom is -0.249 e. The highest BCUT2D eigenvalue weighted by Crippen LogP contribution is 2.17. The number of hydrogen-bond acceptors (Lipinski definition) is 2. The predicted octanol–water partition coefficient (Wildman–Crippen LogP) is 4.32. The first-order valence-corrected chi connectivity index (χ1v) is 5.89. The number of allylic oxidation sites excluding steroid dienone is 2. The van der Waals surface area contributed by atoms with E-state index < -0.39 is 0 Å². The van der Waals surface area contributed by atoms with Crippen LogP contribution in [0, 0.1) is 0 Å². The lowest BCUT2D eigenvalue weighted by Crippen LogP contribution is -1.81. The molecule has 78 valence electrons. The van der Waals surface area contributed by atoms with Gasteiger partial charge in [-0.25, -0.2) is 4.98 Å². The Balaban J connectivity index is 0.000000791. The van der Waals surface area contributed by atoms with Crippen molar-refractivity contribution >= 4 is 17.4 Å². The van der Waals surface area contributed by atoms with Crippen molar-refractivity contribution in [3.8, 4) is 0 Å². The molecule has 0 bridgehead atoms.